The van der Waals surface area contributed by atoms with Gasteiger partial charge >= 0.3 is 19.3 Å². The number of alkyl halides is 1. The minimum absolute atomic E-state index is 0.0908. The van der Waals surface area contributed by atoms with Crippen molar-refractivity contribution in [3.63, 3.8) is 0 Å². The number of anilines is 1. The van der Waals surface area contributed by atoms with E-state index >= 15 is 0 Å². The fourth-order valence-electron chi connectivity index (χ4n) is 13.5. The number of nitrogens with one attached hydrogen (secondary N) is 1. The van der Waals surface area contributed by atoms with Crippen molar-refractivity contribution in [2.75, 3.05) is 90.6 Å². The topological polar surface area (TPSA) is 221 Å². The van der Waals surface area contributed by atoms with Crippen LogP contribution in [0.25, 0.3) is 22.6 Å². The number of carbonyl (C=O) groups excluding carboxylic acids is 3. The number of hydrogen-bond donors (Lipinski definition) is 2. The van der Waals surface area contributed by atoms with Crippen LogP contribution in [0.3, 0.4) is 0 Å². The summed E-state index contributed by atoms with van der Waals surface area (Å²) in [7, 11) is 4.05. The maximum Gasteiger partial charge on any atom is 0.495 e. The van der Waals surface area contributed by atoms with Crippen LogP contribution in [-0.2, 0) is 23.6 Å². The number of ether oxygens (including phenoxy) is 2. The summed E-state index contributed by atoms with van der Waals surface area (Å²) < 4.78 is 35.6. The number of nitrogens with zero attached hydrogens (tertiary/aromatic N) is 13. The molecule has 0 spiro atoms. The molecular weight excluding hydrogens is 1670 g/mol. The normalized spacial score (nSPS) is 18.7. The van der Waals surface area contributed by atoms with Gasteiger partial charge in [0.15, 0.2) is 0 Å². The maximum absolute atomic E-state index is 12.1. The fraction of sp³-hybridized carbons (Fsp3) is 0.538. The highest BCUT2D eigenvalue weighted by Gasteiger charge is 2.52. The number of nitrogen functional groups attached to an aromatic ring is 1. The Morgan fingerprint density at radius 3 is 1.20 bits per heavy atom. The quantitative estimate of drug-likeness (QED) is 0.112. The van der Waals surface area contributed by atoms with Crippen LogP contribution < -0.4 is 16.5 Å². The van der Waals surface area contributed by atoms with Crippen LogP contribution in [0.5, 0.6) is 0 Å². The van der Waals surface area contributed by atoms with E-state index in [2.05, 4.69) is 222 Å². The van der Waals surface area contributed by atoms with E-state index in [1.807, 2.05) is 82.5 Å². The lowest BCUT2D eigenvalue weighted by atomic mass is 9.80. The number of aromatic nitrogens is 9. The molecule has 6 aliphatic rings. The molecule has 9 aromatic rings. The molecule has 0 unspecified atom stereocenters. The molecule has 9 aromatic heterocycles. The van der Waals surface area contributed by atoms with Gasteiger partial charge in [-0.1, -0.05) is 79.6 Å². The standard InChI is InChI=1S/C19H28BN3O2.C17H22BrN3O2.C13H16BrN3.C12H14BrN3.C12H20BrNO3.C5H5BrN2/c1-18(2)19(3,4)25-20(24-18)15-8-11-23-13-16(21-17(23)12-15)14-6-9-22(5)10-7-14;1-17(2,3)23-16(22)20-7-4-12(5-8-20)14-11-21-9-6-13(18)10-15(21)19-14;1-16-5-2-10(3-6-16)12-9-17-7-4-11(14)8-13(17)15-12;13-10-3-6-16-8-11(15-12(16)7-10)9-1-4-14-5-2-9;1-12(2,3)17-11(16)14-6-4-9(5-7-14)10(15)8-13;6-4-1-2-8-5(7)3-4/h8,11-14H,6-7,9-10H2,1-5H3;6,9-12H,4-5,7-8H2,1-3H3;4,7-10H,2-3,5-6H2,1H3;3,6-9,14H,1-2,4-5H2;9H,4-8H2,1-3H3;1-3H,(H2,7,8). The van der Waals surface area contributed by atoms with Crippen LogP contribution in [-0.4, -0.2) is 194 Å². The number of Topliss-reactive ketones (excluding diaryl/α,β-unsaturated/α-hetero) is 1. The number of likely N-dealkylation sites (tertiary alicyclic amines) is 4. The Labute approximate surface area is 667 Å². The third kappa shape index (κ3) is 23.4. The zero-order valence-electron chi connectivity index (χ0n) is 63.4. The van der Waals surface area contributed by atoms with Gasteiger partial charge in [0.05, 0.1) is 39.3 Å². The molecule has 15 heterocycles. The van der Waals surface area contributed by atoms with Gasteiger partial charge in [0, 0.05) is 129 Å². The van der Waals surface area contributed by atoms with Crippen LogP contribution in [0.2, 0.25) is 0 Å². The number of hydrogen-bond acceptors (Lipinski definition) is 16. The monoisotopic (exact) mass is 1770 g/mol. The molecule has 3 N–H and O–H groups in total. The van der Waals surface area contributed by atoms with E-state index in [1.165, 1.54) is 68.7 Å². The van der Waals surface area contributed by atoms with E-state index in [0.717, 1.165) is 117 Å². The summed E-state index contributed by atoms with van der Waals surface area (Å²) >= 11 is 16.9. The zero-order valence-corrected chi connectivity index (χ0v) is 71.4. The molecule has 22 nitrogen and oxygen atoms in total. The highest BCUT2D eigenvalue weighted by molar-refractivity contribution is 9.11. The van der Waals surface area contributed by atoms with Crippen LogP contribution in [0.4, 0.5) is 15.4 Å². The Balaban J connectivity index is 0.000000139. The number of carbonyl (C=O) groups is 3. The lowest BCUT2D eigenvalue weighted by Gasteiger charge is -2.32. The molecule has 572 valence electrons. The molecule has 0 aliphatic carbocycles. The van der Waals surface area contributed by atoms with Gasteiger partial charge in [-0.25, -0.2) is 34.5 Å². The minimum Gasteiger partial charge on any atom is -0.444 e. The van der Waals surface area contributed by atoms with Crippen LogP contribution >= 0.6 is 79.6 Å². The van der Waals surface area contributed by atoms with Gasteiger partial charge in [-0.05, 0) is 253 Å². The van der Waals surface area contributed by atoms with E-state index in [1.54, 1.807) is 22.1 Å². The number of pyridine rings is 5. The number of imidazole rings is 4. The third-order valence-corrected chi connectivity index (χ3v) is 22.9. The summed E-state index contributed by atoms with van der Waals surface area (Å²) in [5, 5.41) is 3.79. The second kappa shape index (κ2) is 36.8. The van der Waals surface area contributed by atoms with Crippen molar-refractivity contribution in [3.8, 4) is 0 Å². The highest BCUT2D eigenvalue weighted by atomic mass is 79.9. The van der Waals surface area contributed by atoms with Crippen molar-refractivity contribution in [2.24, 2.45) is 5.92 Å². The first-order valence-electron chi connectivity index (χ1n) is 37.0. The van der Waals surface area contributed by atoms with Crippen LogP contribution in [0, 0.1) is 5.92 Å². The molecule has 106 heavy (non-hydrogen) atoms. The molecule has 2 amide bonds. The Morgan fingerprint density at radius 2 is 0.849 bits per heavy atom. The molecule has 28 heteroatoms. The van der Waals surface area contributed by atoms with Crippen molar-refractivity contribution < 1.29 is 33.2 Å². The average molecular weight is 1780 g/mol. The van der Waals surface area contributed by atoms with Crippen molar-refractivity contribution >= 4 is 139 Å². The second-order valence-corrected chi connectivity index (χ2v) is 35.7. The van der Waals surface area contributed by atoms with Gasteiger partial charge in [0.1, 0.15) is 45.4 Å². The van der Waals surface area contributed by atoms with Crippen molar-refractivity contribution in [1.29, 1.82) is 0 Å². The molecule has 0 atom stereocenters. The SMILES string of the molecule is Brc1ccn2cc(C3CCNCC3)nc2c1.CC(C)(C)OC(=O)N1CCC(C(=O)CBr)CC1.CC(C)(C)OC(=O)N1CCC(c2cn3ccc(Br)cc3n2)CC1.CN1CCC(c2cn3ccc(B4OC(C)(C)C(C)(C)O4)cc3n2)CC1.CN1CCC(c2cn3ccc(Br)cc3n2)CC1.Nc1cc(Br)ccn1. The molecule has 15 rings (SSSR count). The predicted molar refractivity (Wildman–Crippen MR) is 439 cm³/mol. The van der Waals surface area contributed by atoms with E-state index in [9.17, 15) is 14.4 Å². The number of fused-ring (bicyclic) bond motifs is 4. The van der Waals surface area contributed by atoms with Crippen molar-refractivity contribution in [3.05, 3.63) is 157 Å². The van der Waals surface area contributed by atoms with Crippen molar-refractivity contribution in [2.45, 2.75) is 180 Å². The summed E-state index contributed by atoms with van der Waals surface area (Å²) in [6.45, 7) is 29.1. The molecule has 0 radical (unpaired) electrons. The Hall–Kier alpha value is -5.82. The number of ketones is 1. The molecular formula is C78H105BBr5N15O7. The number of nitrogens with two attached hydrogens (primary N) is 1. The molecule has 6 fully saturated rings. The zero-order chi connectivity index (χ0) is 76.3. The number of rotatable bonds is 7. The second-order valence-electron chi connectivity index (χ2n) is 31.5. The molecule has 6 saturated heterocycles. The average Bonchev–Trinajstić information content (AvgIpc) is 1.62. The Bertz CT molecular complexity index is 4350. The summed E-state index contributed by atoms with van der Waals surface area (Å²) in [6, 6.07) is 20.0. The lowest BCUT2D eigenvalue weighted by Crippen LogP contribution is -2.43. The van der Waals surface area contributed by atoms with Gasteiger partial charge in [-0.2, -0.15) is 0 Å². The molecule has 0 aromatic carbocycles. The number of halogens is 5. The fourth-order valence-corrected chi connectivity index (χ4v) is 15.3. The van der Waals surface area contributed by atoms with Crippen molar-refractivity contribution in [1.82, 2.24) is 67.4 Å². The van der Waals surface area contributed by atoms with Crippen LogP contribution in [0.1, 0.15) is 180 Å². The maximum atomic E-state index is 12.1. The third-order valence-electron chi connectivity index (χ3n) is 20.4. The van der Waals surface area contributed by atoms with E-state index < -0.39 is 11.2 Å². The Morgan fingerprint density at radius 1 is 0.509 bits per heavy atom. The minimum atomic E-state index is -0.459. The smallest absolute Gasteiger partial charge is 0.444 e. The van der Waals surface area contributed by atoms with Gasteiger partial charge < -0.3 is 67.0 Å². The first-order valence-corrected chi connectivity index (χ1v) is 41.3. The molecule has 0 bridgehead atoms. The summed E-state index contributed by atoms with van der Waals surface area (Å²) in [4.78, 5) is 66.5. The first kappa shape index (κ1) is 82.7. The Kier molecular flexibility index (Phi) is 28.7. The summed E-state index contributed by atoms with van der Waals surface area (Å²) in [6.07, 6.45) is 28.5. The van der Waals surface area contributed by atoms with Gasteiger partial charge in [0.2, 0.25) is 0 Å². The highest BCUT2D eigenvalue weighted by Crippen LogP contribution is 2.38. The van der Waals surface area contributed by atoms with E-state index in [0.29, 0.717) is 47.9 Å². The first-order chi connectivity index (χ1) is 50.2. The van der Waals surface area contributed by atoms with E-state index in [-0.39, 0.29) is 42.2 Å². The van der Waals surface area contributed by atoms with Gasteiger partial charge in [-0.15, -0.1) is 0 Å². The van der Waals surface area contributed by atoms with Gasteiger partial charge in [-0.3, -0.25) is 4.79 Å². The number of piperidine rings is 5. The lowest BCUT2D eigenvalue weighted by molar-refractivity contribution is -0.121. The summed E-state index contributed by atoms with van der Waals surface area (Å²) in [5.41, 5.74) is 13.6. The predicted octanol–water partition coefficient (Wildman–Crippen LogP) is 16.1. The molecule has 0 saturated carbocycles. The van der Waals surface area contributed by atoms with E-state index in [4.69, 9.17) is 44.5 Å². The summed E-state index contributed by atoms with van der Waals surface area (Å²) in [5.74, 6) is 3.08. The largest absolute Gasteiger partial charge is 0.495 e. The van der Waals surface area contributed by atoms with Crippen LogP contribution in [0.15, 0.2) is 134 Å². The van der Waals surface area contributed by atoms with Gasteiger partial charge in [0.25, 0.3) is 0 Å². The molecule has 6 aliphatic heterocycles. The number of amides is 2.